The van der Waals surface area contributed by atoms with Gasteiger partial charge in [0.25, 0.3) is 0 Å². The zero-order valence-corrected chi connectivity index (χ0v) is 8.90. The lowest BCUT2D eigenvalue weighted by Crippen LogP contribution is -2.25. The van der Waals surface area contributed by atoms with E-state index in [9.17, 15) is 0 Å². The van der Waals surface area contributed by atoms with Crippen LogP contribution in [0.25, 0.3) is 0 Å². The van der Waals surface area contributed by atoms with Gasteiger partial charge in [0.1, 0.15) is 0 Å². The van der Waals surface area contributed by atoms with E-state index in [1.165, 1.54) is 5.56 Å². The molecule has 0 saturated heterocycles. The summed E-state index contributed by atoms with van der Waals surface area (Å²) in [6.45, 7) is 3.26. The molecule has 1 aromatic heterocycles. The third-order valence-electron chi connectivity index (χ3n) is 2.21. The fraction of sp³-hybridized carbons (Fsp3) is 0.700. The molecule has 2 N–H and O–H groups in total. The van der Waals surface area contributed by atoms with E-state index in [0.717, 1.165) is 19.4 Å². The molecule has 1 unspecified atom stereocenters. The van der Waals surface area contributed by atoms with Crippen LogP contribution in [0.15, 0.2) is 12.4 Å². The Morgan fingerprint density at radius 3 is 3.00 bits per heavy atom. The molecule has 0 aromatic carbocycles. The monoisotopic (exact) mass is 197 g/mol. The van der Waals surface area contributed by atoms with Gasteiger partial charge in [-0.25, -0.2) is 0 Å². The second-order valence-electron chi connectivity index (χ2n) is 3.67. The molecular weight excluding hydrogens is 178 g/mol. The third kappa shape index (κ3) is 3.89. The predicted octanol–water partition coefficient (Wildman–Crippen LogP) is 0.671. The first-order valence-corrected chi connectivity index (χ1v) is 5.04. The summed E-state index contributed by atoms with van der Waals surface area (Å²) >= 11 is 0. The number of aryl methyl sites for hydroxylation is 1. The smallest absolute Gasteiger partial charge is 0.0534 e. The minimum atomic E-state index is 0.277. The van der Waals surface area contributed by atoms with E-state index in [4.69, 9.17) is 5.11 Å². The molecule has 14 heavy (non-hydrogen) atoms. The molecule has 0 aliphatic carbocycles. The third-order valence-corrected chi connectivity index (χ3v) is 2.21. The van der Waals surface area contributed by atoms with Crippen LogP contribution in [0.3, 0.4) is 0 Å². The second kappa shape index (κ2) is 5.78. The molecule has 0 aliphatic rings. The number of nitrogens with zero attached hydrogens (tertiary/aromatic N) is 2. The van der Waals surface area contributed by atoms with Crippen molar-refractivity contribution in [1.82, 2.24) is 15.1 Å². The molecule has 0 saturated carbocycles. The maximum atomic E-state index is 8.66. The van der Waals surface area contributed by atoms with E-state index in [1.54, 1.807) is 4.68 Å². The fourth-order valence-corrected chi connectivity index (χ4v) is 1.35. The summed E-state index contributed by atoms with van der Waals surface area (Å²) < 4.78 is 1.80. The van der Waals surface area contributed by atoms with E-state index in [2.05, 4.69) is 17.3 Å². The molecule has 0 amide bonds. The molecule has 1 aromatic rings. The Morgan fingerprint density at radius 1 is 1.64 bits per heavy atom. The van der Waals surface area contributed by atoms with E-state index < -0.39 is 0 Å². The largest absolute Gasteiger partial charge is 0.396 e. The molecule has 0 spiro atoms. The lowest BCUT2D eigenvalue weighted by atomic mass is 10.2. The van der Waals surface area contributed by atoms with Crippen LogP contribution >= 0.6 is 0 Å². The van der Waals surface area contributed by atoms with Crippen LogP contribution in [0.4, 0.5) is 0 Å². The van der Waals surface area contributed by atoms with Gasteiger partial charge in [-0.05, 0) is 19.8 Å². The van der Waals surface area contributed by atoms with Crippen LogP contribution in [-0.4, -0.2) is 27.5 Å². The van der Waals surface area contributed by atoms with Gasteiger partial charge in [0, 0.05) is 38.0 Å². The zero-order valence-electron chi connectivity index (χ0n) is 8.90. The molecule has 0 radical (unpaired) electrons. The summed E-state index contributed by atoms with van der Waals surface area (Å²) in [5, 5.41) is 16.1. The predicted molar refractivity (Wildman–Crippen MR) is 55.8 cm³/mol. The lowest BCUT2D eigenvalue weighted by molar-refractivity contribution is 0.276. The molecule has 80 valence electrons. The van der Waals surface area contributed by atoms with Crippen molar-refractivity contribution in [3.63, 3.8) is 0 Å². The Morgan fingerprint density at radius 2 is 2.43 bits per heavy atom. The standard InChI is InChI=1S/C10H19N3O/c1-9(4-3-5-14)11-6-10-7-12-13(2)8-10/h7-9,11,14H,3-6H2,1-2H3. The molecule has 0 aliphatic heterocycles. The zero-order chi connectivity index (χ0) is 10.4. The molecule has 1 heterocycles. The SMILES string of the molecule is CC(CCCO)NCc1cnn(C)c1. The number of nitrogens with one attached hydrogen (secondary N) is 1. The average Bonchev–Trinajstić information content (AvgIpc) is 2.58. The van der Waals surface area contributed by atoms with Crippen molar-refractivity contribution in [1.29, 1.82) is 0 Å². The highest BCUT2D eigenvalue weighted by molar-refractivity contribution is 5.02. The Hall–Kier alpha value is -0.870. The summed E-state index contributed by atoms with van der Waals surface area (Å²) in [7, 11) is 1.92. The number of aliphatic hydroxyl groups is 1. The van der Waals surface area contributed by atoms with Crippen LogP contribution in [0.1, 0.15) is 25.3 Å². The van der Waals surface area contributed by atoms with Crippen molar-refractivity contribution in [2.24, 2.45) is 7.05 Å². The Balaban J connectivity index is 2.20. The van der Waals surface area contributed by atoms with E-state index in [0.29, 0.717) is 6.04 Å². The normalized spacial score (nSPS) is 13.1. The van der Waals surface area contributed by atoms with Gasteiger partial charge in [-0.3, -0.25) is 4.68 Å². The maximum Gasteiger partial charge on any atom is 0.0534 e. The second-order valence-corrected chi connectivity index (χ2v) is 3.67. The first kappa shape index (κ1) is 11.2. The van der Waals surface area contributed by atoms with Gasteiger partial charge in [-0.2, -0.15) is 5.10 Å². The maximum absolute atomic E-state index is 8.66. The minimum absolute atomic E-state index is 0.277. The molecule has 1 rings (SSSR count). The number of rotatable bonds is 6. The van der Waals surface area contributed by atoms with Gasteiger partial charge >= 0.3 is 0 Å². The van der Waals surface area contributed by atoms with Crippen molar-refractivity contribution in [2.75, 3.05) is 6.61 Å². The quantitative estimate of drug-likeness (QED) is 0.704. The fourth-order valence-electron chi connectivity index (χ4n) is 1.35. The van der Waals surface area contributed by atoms with Crippen molar-refractivity contribution < 1.29 is 5.11 Å². The molecule has 0 fully saturated rings. The van der Waals surface area contributed by atoms with Gasteiger partial charge in [0.2, 0.25) is 0 Å². The van der Waals surface area contributed by atoms with E-state index >= 15 is 0 Å². The number of aliphatic hydroxyl groups excluding tert-OH is 1. The van der Waals surface area contributed by atoms with Crippen molar-refractivity contribution >= 4 is 0 Å². The average molecular weight is 197 g/mol. The first-order chi connectivity index (χ1) is 6.72. The highest BCUT2D eigenvalue weighted by Crippen LogP contribution is 1.99. The number of hydrogen-bond donors (Lipinski definition) is 2. The topological polar surface area (TPSA) is 50.1 Å². The van der Waals surface area contributed by atoms with Gasteiger partial charge < -0.3 is 10.4 Å². The molecule has 4 nitrogen and oxygen atoms in total. The van der Waals surface area contributed by atoms with Crippen LogP contribution in [0.2, 0.25) is 0 Å². The van der Waals surface area contributed by atoms with Crippen molar-refractivity contribution in [3.05, 3.63) is 18.0 Å². The van der Waals surface area contributed by atoms with Crippen LogP contribution < -0.4 is 5.32 Å². The van der Waals surface area contributed by atoms with Crippen molar-refractivity contribution in [3.8, 4) is 0 Å². The molecule has 0 bridgehead atoms. The van der Waals surface area contributed by atoms with E-state index in [-0.39, 0.29) is 6.61 Å². The molecule has 1 atom stereocenters. The summed E-state index contributed by atoms with van der Waals surface area (Å²) in [4.78, 5) is 0. The van der Waals surface area contributed by atoms with Gasteiger partial charge in [0.05, 0.1) is 6.20 Å². The Kier molecular flexibility index (Phi) is 4.62. The highest BCUT2D eigenvalue weighted by Gasteiger charge is 2.01. The summed E-state index contributed by atoms with van der Waals surface area (Å²) in [6.07, 6.45) is 5.75. The minimum Gasteiger partial charge on any atom is -0.396 e. The summed E-state index contributed by atoms with van der Waals surface area (Å²) in [6, 6.07) is 0.447. The Labute approximate surface area is 84.9 Å². The number of aromatic nitrogens is 2. The summed E-state index contributed by atoms with van der Waals surface area (Å²) in [5.41, 5.74) is 1.20. The van der Waals surface area contributed by atoms with Crippen LogP contribution in [-0.2, 0) is 13.6 Å². The Bertz CT molecular complexity index is 260. The molecule has 4 heteroatoms. The van der Waals surface area contributed by atoms with Crippen molar-refractivity contribution in [2.45, 2.75) is 32.4 Å². The highest BCUT2D eigenvalue weighted by atomic mass is 16.2. The van der Waals surface area contributed by atoms with Gasteiger partial charge in [-0.1, -0.05) is 0 Å². The molecular formula is C10H19N3O. The van der Waals surface area contributed by atoms with Crippen LogP contribution in [0, 0.1) is 0 Å². The van der Waals surface area contributed by atoms with Crippen LogP contribution in [0.5, 0.6) is 0 Å². The summed E-state index contributed by atoms with van der Waals surface area (Å²) in [5.74, 6) is 0. The number of hydrogen-bond acceptors (Lipinski definition) is 3. The van der Waals surface area contributed by atoms with Gasteiger partial charge in [0.15, 0.2) is 0 Å². The van der Waals surface area contributed by atoms with E-state index in [1.807, 2.05) is 19.4 Å². The lowest BCUT2D eigenvalue weighted by Gasteiger charge is -2.11. The van der Waals surface area contributed by atoms with Gasteiger partial charge in [-0.15, -0.1) is 0 Å². The first-order valence-electron chi connectivity index (χ1n) is 5.04.